The molecule has 0 saturated heterocycles. The van der Waals surface area contributed by atoms with Gasteiger partial charge in [-0.3, -0.25) is 9.48 Å². The van der Waals surface area contributed by atoms with Crippen molar-refractivity contribution in [2.24, 2.45) is 7.05 Å². The molecule has 0 aliphatic rings. The fraction of sp³-hybridized carbons (Fsp3) is 0.231. The monoisotopic (exact) mass is 283 g/mol. The molecule has 0 fully saturated rings. The molecule has 2 aromatic rings. The Balaban J connectivity index is 2.35. The number of nitrogens with zero attached hydrogens (tertiary/aromatic N) is 2. The largest absolute Gasteiger partial charge is 0.319 e. The van der Waals surface area contributed by atoms with Gasteiger partial charge in [0.2, 0.25) is 0 Å². The molecule has 0 bridgehead atoms. The normalized spacial score (nSPS) is 10.7. The second kappa shape index (κ2) is 4.99. The number of nitrogens with one attached hydrogen (secondary N) is 1. The number of halogens is 3. The van der Waals surface area contributed by atoms with E-state index in [0.29, 0.717) is 11.4 Å². The zero-order valence-corrected chi connectivity index (χ0v) is 11.1. The summed E-state index contributed by atoms with van der Waals surface area (Å²) in [6.07, 6.45) is 0. The lowest BCUT2D eigenvalue weighted by atomic mass is 10.1. The molecule has 4 nitrogen and oxygen atoms in total. The molecule has 1 N–H and O–H groups in total. The highest BCUT2D eigenvalue weighted by Crippen LogP contribution is 2.21. The van der Waals surface area contributed by atoms with Gasteiger partial charge in [-0.25, -0.2) is 13.2 Å². The van der Waals surface area contributed by atoms with Crippen LogP contribution in [0.3, 0.4) is 0 Å². The third-order valence-electron chi connectivity index (χ3n) is 3.02. The molecule has 1 aromatic carbocycles. The van der Waals surface area contributed by atoms with E-state index in [2.05, 4.69) is 10.4 Å². The summed E-state index contributed by atoms with van der Waals surface area (Å²) < 4.78 is 40.9. The summed E-state index contributed by atoms with van der Waals surface area (Å²) in [5.41, 5.74) is 0.904. The first kappa shape index (κ1) is 14.1. The van der Waals surface area contributed by atoms with Gasteiger partial charge in [-0.1, -0.05) is 0 Å². The van der Waals surface area contributed by atoms with Crippen LogP contribution in [-0.2, 0) is 7.05 Å². The van der Waals surface area contributed by atoms with Gasteiger partial charge < -0.3 is 5.32 Å². The average molecular weight is 283 g/mol. The van der Waals surface area contributed by atoms with Gasteiger partial charge >= 0.3 is 0 Å². The molecule has 7 heteroatoms. The molecule has 0 spiro atoms. The van der Waals surface area contributed by atoms with E-state index in [0.717, 1.165) is 12.1 Å². The molecule has 0 radical (unpaired) electrons. The first-order valence-corrected chi connectivity index (χ1v) is 5.78. The van der Waals surface area contributed by atoms with Crippen molar-refractivity contribution in [2.75, 3.05) is 5.32 Å². The zero-order chi connectivity index (χ0) is 15.0. The molecule has 1 aromatic heterocycles. The molecule has 2 rings (SSSR count). The van der Waals surface area contributed by atoms with Gasteiger partial charge in [-0.05, 0) is 26.0 Å². The Bertz CT molecular complexity index is 695. The Kier molecular flexibility index (Phi) is 3.52. The number of aromatic nitrogens is 2. The van der Waals surface area contributed by atoms with Crippen LogP contribution in [0.2, 0.25) is 0 Å². The number of aryl methyl sites for hydroxylation is 2. The van der Waals surface area contributed by atoms with Gasteiger partial charge in [-0.2, -0.15) is 5.10 Å². The quantitative estimate of drug-likeness (QED) is 0.861. The summed E-state index contributed by atoms with van der Waals surface area (Å²) >= 11 is 0. The van der Waals surface area contributed by atoms with E-state index in [-0.39, 0.29) is 5.56 Å². The lowest BCUT2D eigenvalue weighted by Crippen LogP contribution is -2.15. The van der Waals surface area contributed by atoms with Gasteiger partial charge in [0.25, 0.3) is 5.91 Å². The lowest BCUT2D eigenvalue weighted by Gasteiger charge is -2.07. The van der Waals surface area contributed by atoms with E-state index in [9.17, 15) is 18.0 Å². The summed E-state index contributed by atoms with van der Waals surface area (Å²) in [4.78, 5) is 12.1. The molecule has 1 heterocycles. The Morgan fingerprint density at radius 2 is 1.85 bits per heavy atom. The van der Waals surface area contributed by atoms with Crippen LogP contribution in [-0.4, -0.2) is 15.7 Å². The van der Waals surface area contributed by atoms with Gasteiger partial charge in [0.15, 0.2) is 17.5 Å². The number of benzene rings is 1. The molecule has 0 aliphatic carbocycles. The highest BCUT2D eigenvalue weighted by molar-refractivity contribution is 6.05. The summed E-state index contributed by atoms with van der Waals surface area (Å²) in [5.74, 6) is -4.99. The Hall–Kier alpha value is -2.31. The van der Waals surface area contributed by atoms with Gasteiger partial charge in [0.05, 0.1) is 16.9 Å². The summed E-state index contributed by atoms with van der Waals surface area (Å²) in [7, 11) is 1.66. The maximum atomic E-state index is 13.5. The molecular weight excluding hydrogens is 271 g/mol. The van der Waals surface area contributed by atoms with Gasteiger partial charge in [0, 0.05) is 12.7 Å². The van der Waals surface area contributed by atoms with Crippen molar-refractivity contribution in [3.05, 3.63) is 46.5 Å². The highest BCUT2D eigenvalue weighted by atomic mass is 19.2. The standard InChI is InChI=1S/C13H12F3N3O/c1-6-10(7(2)19(3)18-6)13(20)17-9-5-4-8(14)11(15)12(9)16/h4-5H,1-3H3,(H,17,20). The predicted octanol–water partition coefficient (Wildman–Crippen LogP) is 2.71. The molecule has 20 heavy (non-hydrogen) atoms. The van der Waals surface area contributed by atoms with Crippen LogP contribution in [0, 0.1) is 31.3 Å². The number of amides is 1. The highest BCUT2D eigenvalue weighted by Gasteiger charge is 2.20. The van der Waals surface area contributed by atoms with E-state index in [1.165, 1.54) is 4.68 Å². The van der Waals surface area contributed by atoms with Crippen molar-refractivity contribution < 1.29 is 18.0 Å². The Morgan fingerprint density at radius 1 is 1.20 bits per heavy atom. The predicted molar refractivity (Wildman–Crippen MR) is 67.0 cm³/mol. The van der Waals surface area contributed by atoms with Crippen LogP contribution in [0.15, 0.2) is 12.1 Å². The maximum absolute atomic E-state index is 13.5. The molecule has 0 unspecified atom stereocenters. The van der Waals surface area contributed by atoms with Crippen molar-refractivity contribution in [1.29, 1.82) is 0 Å². The van der Waals surface area contributed by atoms with Crippen molar-refractivity contribution in [1.82, 2.24) is 9.78 Å². The topological polar surface area (TPSA) is 46.9 Å². The number of hydrogen-bond acceptors (Lipinski definition) is 2. The maximum Gasteiger partial charge on any atom is 0.259 e. The van der Waals surface area contributed by atoms with E-state index in [4.69, 9.17) is 0 Å². The van der Waals surface area contributed by atoms with Crippen LogP contribution >= 0.6 is 0 Å². The summed E-state index contributed by atoms with van der Waals surface area (Å²) in [6.45, 7) is 3.31. The van der Waals surface area contributed by atoms with Crippen LogP contribution in [0.4, 0.5) is 18.9 Å². The third-order valence-corrected chi connectivity index (χ3v) is 3.02. The minimum atomic E-state index is -1.62. The Morgan fingerprint density at radius 3 is 2.40 bits per heavy atom. The molecule has 1 amide bonds. The van der Waals surface area contributed by atoms with Crippen LogP contribution in [0.1, 0.15) is 21.7 Å². The van der Waals surface area contributed by atoms with E-state index in [1.54, 1.807) is 20.9 Å². The first-order valence-electron chi connectivity index (χ1n) is 5.78. The molecular formula is C13H12F3N3O. The minimum absolute atomic E-state index is 0.275. The molecule has 106 valence electrons. The number of anilines is 1. The first-order chi connectivity index (χ1) is 9.32. The van der Waals surface area contributed by atoms with E-state index < -0.39 is 29.0 Å². The lowest BCUT2D eigenvalue weighted by molar-refractivity contribution is 0.102. The second-order valence-corrected chi connectivity index (χ2v) is 4.35. The zero-order valence-electron chi connectivity index (χ0n) is 11.1. The van der Waals surface area contributed by atoms with Crippen molar-refractivity contribution >= 4 is 11.6 Å². The fourth-order valence-electron chi connectivity index (χ4n) is 1.91. The molecule has 0 atom stereocenters. The van der Waals surface area contributed by atoms with Gasteiger partial charge in [0.1, 0.15) is 0 Å². The van der Waals surface area contributed by atoms with Gasteiger partial charge in [-0.15, -0.1) is 0 Å². The van der Waals surface area contributed by atoms with E-state index in [1.807, 2.05) is 0 Å². The molecule has 0 saturated carbocycles. The van der Waals surface area contributed by atoms with Crippen LogP contribution < -0.4 is 5.32 Å². The summed E-state index contributed by atoms with van der Waals surface area (Å²) in [5, 5.41) is 6.27. The van der Waals surface area contributed by atoms with Crippen molar-refractivity contribution in [2.45, 2.75) is 13.8 Å². The number of carbonyl (C=O) groups excluding carboxylic acids is 1. The third kappa shape index (κ3) is 2.26. The average Bonchev–Trinajstić information content (AvgIpc) is 2.64. The van der Waals surface area contributed by atoms with Crippen molar-refractivity contribution in [3.63, 3.8) is 0 Å². The van der Waals surface area contributed by atoms with E-state index >= 15 is 0 Å². The SMILES string of the molecule is Cc1nn(C)c(C)c1C(=O)Nc1ccc(F)c(F)c1F. The minimum Gasteiger partial charge on any atom is -0.319 e. The Labute approximate surface area is 113 Å². The number of rotatable bonds is 2. The number of hydrogen-bond donors (Lipinski definition) is 1. The smallest absolute Gasteiger partial charge is 0.259 e. The van der Waals surface area contributed by atoms with Crippen LogP contribution in [0.5, 0.6) is 0 Å². The number of carbonyl (C=O) groups is 1. The van der Waals surface area contributed by atoms with Crippen molar-refractivity contribution in [3.8, 4) is 0 Å². The molecule has 0 aliphatic heterocycles. The summed E-state index contributed by atoms with van der Waals surface area (Å²) in [6, 6.07) is 1.71. The second-order valence-electron chi connectivity index (χ2n) is 4.35. The van der Waals surface area contributed by atoms with Crippen LogP contribution in [0.25, 0.3) is 0 Å². The fourth-order valence-corrected chi connectivity index (χ4v) is 1.91.